The molecule has 1 rings (SSSR count). The molecule has 1 aromatic rings. The van der Waals surface area contributed by atoms with Crippen LogP contribution < -0.4 is 5.32 Å². The van der Waals surface area contributed by atoms with Gasteiger partial charge >= 0.3 is 6.03 Å². The third-order valence-corrected chi connectivity index (χ3v) is 1.86. The van der Waals surface area contributed by atoms with Crippen LogP contribution in [-0.2, 0) is 0 Å². The molecule has 14 heavy (non-hydrogen) atoms. The van der Waals surface area contributed by atoms with E-state index >= 15 is 0 Å². The normalized spacial score (nSPS) is 9.57. The summed E-state index contributed by atoms with van der Waals surface area (Å²) in [5.41, 5.74) is 0.615. The molecule has 0 unspecified atom stereocenters. The summed E-state index contributed by atoms with van der Waals surface area (Å²) in [6, 6.07) is -0.121. The molecule has 0 atom stereocenters. The Morgan fingerprint density at radius 2 is 1.93 bits per heavy atom. The Labute approximate surface area is 83.2 Å². The molecule has 1 N–H and O–H groups in total. The third kappa shape index (κ3) is 2.69. The van der Waals surface area contributed by atoms with Gasteiger partial charge in [-0.15, -0.1) is 0 Å². The number of rotatable bonds is 3. The molecule has 0 saturated carbocycles. The lowest BCUT2D eigenvalue weighted by Crippen LogP contribution is -2.34. The maximum absolute atomic E-state index is 11.5. The van der Waals surface area contributed by atoms with E-state index in [4.69, 9.17) is 0 Å². The number of nitrogens with zero attached hydrogens (tertiary/aromatic N) is 3. The van der Waals surface area contributed by atoms with E-state index in [9.17, 15) is 4.79 Å². The van der Waals surface area contributed by atoms with Crippen molar-refractivity contribution in [2.45, 2.75) is 13.8 Å². The molecule has 5 heteroatoms. The average molecular weight is 194 g/mol. The summed E-state index contributed by atoms with van der Waals surface area (Å²) < 4.78 is 0. The molecule has 0 saturated heterocycles. The van der Waals surface area contributed by atoms with Gasteiger partial charge in [0.05, 0.1) is 18.1 Å². The molecule has 0 spiro atoms. The standard InChI is InChI=1S/C9H14N4O/c1-3-13(4-2)9(14)12-8-5-10-7-11-6-8/h5-7H,3-4H2,1-2H3,(H,12,14). The molecule has 76 valence electrons. The van der Waals surface area contributed by atoms with Crippen LogP contribution in [0.2, 0.25) is 0 Å². The molecule has 0 radical (unpaired) electrons. The van der Waals surface area contributed by atoms with Gasteiger partial charge in [0, 0.05) is 13.1 Å². The Morgan fingerprint density at radius 1 is 1.36 bits per heavy atom. The van der Waals surface area contributed by atoms with Gasteiger partial charge in [-0.1, -0.05) is 0 Å². The van der Waals surface area contributed by atoms with Crippen LogP contribution in [0.25, 0.3) is 0 Å². The molecular weight excluding hydrogens is 180 g/mol. The summed E-state index contributed by atoms with van der Waals surface area (Å²) in [7, 11) is 0. The molecule has 0 fully saturated rings. The Morgan fingerprint density at radius 3 is 2.43 bits per heavy atom. The maximum atomic E-state index is 11.5. The van der Waals surface area contributed by atoms with Gasteiger partial charge in [-0.2, -0.15) is 0 Å². The number of carbonyl (C=O) groups excluding carboxylic acids is 1. The third-order valence-electron chi connectivity index (χ3n) is 1.86. The van der Waals surface area contributed by atoms with Crippen LogP contribution in [0.1, 0.15) is 13.8 Å². The van der Waals surface area contributed by atoms with Gasteiger partial charge in [-0.3, -0.25) is 0 Å². The molecule has 5 nitrogen and oxygen atoms in total. The molecule has 1 aromatic heterocycles. The van der Waals surface area contributed by atoms with Crippen LogP contribution in [0, 0.1) is 0 Å². The number of amides is 2. The minimum Gasteiger partial charge on any atom is -0.325 e. The molecule has 0 aliphatic heterocycles. The van der Waals surface area contributed by atoms with E-state index in [2.05, 4.69) is 15.3 Å². The highest BCUT2D eigenvalue weighted by Crippen LogP contribution is 2.02. The van der Waals surface area contributed by atoms with Crippen molar-refractivity contribution in [2.75, 3.05) is 18.4 Å². The number of anilines is 1. The van der Waals surface area contributed by atoms with Gasteiger partial charge in [0.1, 0.15) is 6.33 Å². The van der Waals surface area contributed by atoms with E-state index in [0.717, 1.165) is 0 Å². The first-order valence-electron chi connectivity index (χ1n) is 4.58. The molecule has 1 heterocycles. The number of hydrogen-bond acceptors (Lipinski definition) is 3. The molecule has 0 bridgehead atoms. The second kappa shape index (κ2) is 5.16. The largest absolute Gasteiger partial charge is 0.325 e. The predicted molar refractivity (Wildman–Crippen MR) is 54.0 cm³/mol. The number of nitrogens with one attached hydrogen (secondary N) is 1. The van der Waals surface area contributed by atoms with Crippen LogP contribution in [0.5, 0.6) is 0 Å². The SMILES string of the molecule is CCN(CC)C(=O)Nc1cncnc1. The zero-order valence-corrected chi connectivity index (χ0v) is 8.40. The Kier molecular flexibility index (Phi) is 3.84. The van der Waals surface area contributed by atoms with Gasteiger partial charge in [-0.05, 0) is 13.8 Å². The van der Waals surface area contributed by atoms with E-state index in [1.807, 2.05) is 13.8 Å². The van der Waals surface area contributed by atoms with Crippen molar-refractivity contribution in [2.24, 2.45) is 0 Å². The fourth-order valence-electron chi connectivity index (χ4n) is 1.08. The summed E-state index contributed by atoms with van der Waals surface area (Å²) in [5.74, 6) is 0. The summed E-state index contributed by atoms with van der Waals surface area (Å²) in [6.07, 6.45) is 4.55. The maximum Gasteiger partial charge on any atom is 0.321 e. The second-order valence-corrected chi connectivity index (χ2v) is 2.73. The van der Waals surface area contributed by atoms with Gasteiger partial charge < -0.3 is 10.2 Å². The van der Waals surface area contributed by atoms with Crippen molar-refractivity contribution in [1.29, 1.82) is 0 Å². The van der Waals surface area contributed by atoms with Crippen molar-refractivity contribution < 1.29 is 4.79 Å². The predicted octanol–water partition coefficient (Wildman–Crippen LogP) is 1.35. The average Bonchev–Trinajstić information content (AvgIpc) is 2.21. The summed E-state index contributed by atoms with van der Waals surface area (Å²) >= 11 is 0. The van der Waals surface area contributed by atoms with Crippen molar-refractivity contribution >= 4 is 11.7 Å². The van der Waals surface area contributed by atoms with Crippen LogP contribution >= 0.6 is 0 Å². The van der Waals surface area contributed by atoms with Crippen LogP contribution in [-0.4, -0.2) is 34.0 Å². The topological polar surface area (TPSA) is 58.1 Å². The van der Waals surface area contributed by atoms with Gasteiger partial charge in [0.2, 0.25) is 0 Å². The van der Waals surface area contributed by atoms with E-state index in [1.54, 1.807) is 17.3 Å². The van der Waals surface area contributed by atoms with Crippen LogP contribution in [0.15, 0.2) is 18.7 Å². The molecule has 0 aliphatic carbocycles. The first-order chi connectivity index (χ1) is 6.77. The summed E-state index contributed by atoms with van der Waals surface area (Å²) in [5, 5.41) is 2.71. The van der Waals surface area contributed by atoms with Crippen LogP contribution in [0.3, 0.4) is 0 Å². The van der Waals surface area contributed by atoms with Gasteiger partial charge in [-0.25, -0.2) is 14.8 Å². The zero-order valence-electron chi connectivity index (χ0n) is 8.40. The van der Waals surface area contributed by atoms with Gasteiger partial charge in [0.15, 0.2) is 0 Å². The molecule has 0 aliphatic rings. The molecule has 0 aromatic carbocycles. The van der Waals surface area contributed by atoms with Crippen molar-refractivity contribution in [3.63, 3.8) is 0 Å². The monoisotopic (exact) mass is 194 g/mol. The fourth-order valence-corrected chi connectivity index (χ4v) is 1.08. The first kappa shape index (κ1) is 10.4. The summed E-state index contributed by atoms with van der Waals surface area (Å²) in [6.45, 7) is 5.25. The minimum atomic E-state index is -0.121. The fraction of sp³-hybridized carbons (Fsp3) is 0.444. The molecule has 2 amide bonds. The number of carbonyl (C=O) groups is 1. The van der Waals surface area contributed by atoms with E-state index in [1.165, 1.54) is 6.33 Å². The lowest BCUT2D eigenvalue weighted by Gasteiger charge is -2.18. The van der Waals surface area contributed by atoms with E-state index < -0.39 is 0 Å². The lowest BCUT2D eigenvalue weighted by atomic mass is 10.5. The summed E-state index contributed by atoms with van der Waals surface area (Å²) in [4.78, 5) is 20.8. The molecular formula is C9H14N4O. The number of urea groups is 1. The van der Waals surface area contributed by atoms with Crippen LogP contribution in [0.4, 0.5) is 10.5 Å². The first-order valence-corrected chi connectivity index (χ1v) is 4.58. The van der Waals surface area contributed by atoms with E-state index in [-0.39, 0.29) is 6.03 Å². The second-order valence-electron chi connectivity index (χ2n) is 2.73. The smallest absolute Gasteiger partial charge is 0.321 e. The highest BCUT2D eigenvalue weighted by molar-refractivity contribution is 5.88. The highest BCUT2D eigenvalue weighted by atomic mass is 16.2. The van der Waals surface area contributed by atoms with Crippen molar-refractivity contribution in [1.82, 2.24) is 14.9 Å². The quantitative estimate of drug-likeness (QED) is 0.790. The number of aromatic nitrogens is 2. The zero-order chi connectivity index (χ0) is 10.4. The van der Waals surface area contributed by atoms with Crippen molar-refractivity contribution in [3.05, 3.63) is 18.7 Å². The van der Waals surface area contributed by atoms with Crippen molar-refractivity contribution in [3.8, 4) is 0 Å². The Hall–Kier alpha value is -1.65. The highest BCUT2D eigenvalue weighted by Gasteiger charge is 2.08. The Bertz CT molecular complexity index is 284. The Balaban J connectivity index is 2.57. The lowest BCUT2D eigenvalue weighted by molar-refractivity contribution is 0.217. The van der Waals surface area contributed by atoms with Gasteiger partial charge in [0.25, 0.3) is 0 Å². The van der Waals surface area contributed by atoms with E-state index in [0.29, 0.717) is 18.8 Å². The number of hydrogen-bond donors (Lipinski definition) is 1. The minimum absolute atomic E-state index is 0.121.